The van der Waals surface area contributed by atoms with Gasteiger partial charge in [0.2, 0.25) is 0 Å². The zero-order valence-electron chi connectivity index (χ0n) is 14.0. The zero-order valence-corrected chi connectivity index (χ0v) is 14.0. The fourth-order valence-electron chi connectivity index (χ4n) is 2.43. The van der Waals surface area contributed by atoms with Gasteiger partial charge < -0.3 is 0 Å². The molecular formula is C21H26N+. The maximum atomic E-state index is 3.29. The molecule has 1 nitrogen and oxygen atoms in total. The van der Waals surface area contributed by atoms with Crippen LogP contribution >= 0.6 is 0 Å². The van der Waals surface area contributed by atoms with Crippen LogP contribution in [-0.2, 0) is 13.0 Å². The van der Waals surface area contributed by atoms with Crippen molar-refractivity contribution in [3.8, 4) is 11.8 Å². The second-order valence-corrected chi connectivity index (χ2v) is 5.90. The van der Waals surface area contributed by atoms with E-state index in [1.807, 2.05) is 0 Å². The third kappa shape index (κ3) is 5.04. The van der Waals surface area contributed by atoms with Crippen LogP contribution in [0.5, 0.6) is 0 Å². The van der Waals surface area contributed by atoms with E-state index >= 15 is 0 Å². The molecule has 1 heterocycles. The lowest BCUT2D eigenvalue weighted by molar-refractivity contribution is -0.697. The normalized spacial score (nSPS) is 10.1. The molecule has 0 saturated heterocycles. The molecule has 0 N–H and O–H groups in total. The molecule has 114 valence electrons. The Bertz CT molecular complexity index is 657. The Morgan fingerprint density at radius 3 is 2.45 bits per heavy atom. The number of aromatic nitrogens is 1. The van der Waals surface area contributed by atoms with Crippen molar-refractivity contribution in [3.05, 3.63) is 65.0 Å². The predicted octanol–water partition coefficient (Wildman–Crippen LogP) is 4.38. The van der Waals surface area contributed by atoms with Crippen LogP contribution < -0.4 is 4.57 Å². The number of rotatable bonds is 5. The minimum atomic E-state index is 0.941. The molecule has 0 aliphatic rings. The van der Waals surface area contributed by atoms with Crippen molar-refractivity contribution in [2.24, 2.45) is 0 Å². The van der Waals surface area contributed by atoms with Gasteiger partial charge in [0.1, 0.15) is 6.54 Å². The molecule has 2 aromatic rings. The second-order valence-electron chi connectivity index (χ2n) is 5.90. The molecule has 22 heavy (non-hydrogen) atoms. The molecule has 0 aliphatic heterocycles. The summed E-state index contributed by atoms with van der Waals surface area (Å²) in [5.41, 5.74) is 5.22. The Hall–Kier alpha value is -2.07. The minimum Gasteiger partial charge on any atom is -0.205 e. The lowest BCUT2D eigenvalue weighted by Crippen LogP contribution is -2.33. The monoisotopic (exact) mass is 292 g/mol. The first-order valence-corrected chi connectivity index (χ1v) is 8.23. The van der Waals surface area contributed by atoms with Gasteiger partial charge in [-0.1, -0.05) is 37.3 Å². The largest absolute Gasteiger partial charge is 0.205 e. The highest BCUT2D eigenvalue weighted by Gasteiger charge is 2.01. The average Bonchev–Trinajstić information content (AvgIpc) is 2.52. The molecule has 0 atom stereocenters. The number of pyridine rings is 1. The molecule has 0 saturated carbocycles. The fourth-order valence-corrected chi connectivity index (χ4v) is 2.43. The van der Waals surface area contributed by atoms with Gasteiger partial charge in [-0.2, -0.15) is 0 Å². The average molecular weight is 292 g/mol. The lowest BCUT2D eigenvalue weighted by Gasteiger charge is -1.99. The first-order chi connectivity index (χ1) is 10.7. The topological polar surface area (TPSA) is 3.88 Å². The molecular weight excluding hydrogens is 266 g/mol. The Kier molecular flexibility index (Phi) is 6.22. The van der Waals surface area contributed by atoms with Gasteiger partial charge in [-0.05, 0) is 43.5 Å². The van der Waals surface area contributed by atoms with Gasteiger partial charge in [0, 0.05) is 30.0 Å². The third-order valence-corrected chi connectivity index (χ3v) is 3.94. The van der Waals surface area contributed by atoms with Crippen LogP contribution in [0.4, 0.5) is 0 Å². The fraction of sp³-hybridized carbons (Fsp3) is 0.381. The van der Waals surface area contributed by atoms with Gasteiger partial charge in [-0.3, -0.25) is 0 Å². The number of unbranched alkanes of at least 4 members (excludes halogenated alkanes) is 1. The predicted molar refractivity (Wildman–Crippen MR) is 92.7 cm³/mol. The maximum Gasteiger partial charge on any atom is 0.171 e. The summed E-state index contributed by atoms with van der Waals surface area (Å²) in [4.78, 5) is 0. The minimum absolute atomic E-state index is 0.941. The smallest absolute Gasteiger partial charge is 0.171 e. The number of nitrogens with zero attached hydrogens (tertiary/aromatic N) is 1. The van der Waals surface area contributed by atoms with Crippen molar-refractivity contribution in [3.63, 3.8) is 0 Å². The summed E-state index contributed by atoms with van der Waals surface area (Å²) in [6.07, 6.45) is 8.75. The molecule has 1 aromatic heterocycles. The summed E-state index contributed by atoms with van der Waals surface area (Å²) in [6, 6.07) is 10.8. The molecule has 2 rings (SSSR count). The Morgan fingerprint density at radius 2 is 1.77 bits per heavy atom. The molecule has 0 fully saturated rings. The van der Waals surface area contributed by atoms with E-state index in [0.717, 1.165) is 31.4 Å². The van der Waals surface area contributed by atoms with Crippen molar-refractivity contribution in [2.45, 2.75) is 53.0 Å². The van der Waals surface area contributed by atoms with Gasteiger partial charge >= 0.3 is 0 Å². The van der Waals surface area contributed by atoms with Crippen molar-refractivity contribution in [2.75, 3.05) is 0 Å². The van der Waals surface area contributed by atoms with Crippen LogP contribution in [0.25, 0.3) is 0 Å². The number of hydrogen-bond acceptors (Lipinski definition) is 0. The highest BCUT2D eigenvalue weighted by Crippen LogP contribution is 2.06. The van der Waals surface area contributed by atoms with Gasteiger partial charge in [-0.15, -0.1) is 0 Å². The highest BCUT2D eigenvalue weighted by molar-refractivity contribution is 5.36. The Balaban J connectivity index is 1.80. The Labute approximate surface area is 135 Å². The first kappa shape index (κ1) is 16.3. The van der Waals surface area contributed by atoms with Crippen LogP contribution in [0.15, 0.2) is 42.7 Å². The van der Waals surface area contributed by atoms with E-state index in [1.165, 1.54) is 23.1 Å². The lowest BCUT2D eigenvalue weighted by atomic mass is 10.1. The number of benzene rings is 1. The van der Waals surface area contributed by atoms with Crippen molar-refractivity contribution >= 4 is 0 Å². The van der Waals surface area contributed by atoms with Crippen LogP contribution in [-0.4, -0.2) is 0 Å². The van der Waals surface area contributed by atoms with E-state index in [-0.39, 0.29) is 0 Å². The van der Waals surface area contributed by atoms with E-state index in [1.54, 1.807) is 0 Å². The van der Waals surface area contributed by atoms with E-state index in [4.69, 9.17) is 0 Å². The third-order valence-electron chi connectivity index (χ3n) is 3.94. The standard InChI is InChI=1S/C21H26N/c1-4-8-20-10-12-21(13-11-20)9-6-5-7-15-22-16-14-18(2)19(3)17-22/h10-14,16-17H,4-5,7-8,15H2,1-3H3/q+1. The van der Waals surface area contributed by atoms with Crippen molar-refractivity contribution < 1.29 is 4.57 Å². The summed E-state index contributed by atoms with van der Waals surface area (Å²) in [7, 11) is 0. The zero-order chi connectivity index (χ0) is 15.8. The summed E-state index contributed by atoms with van der Waals surface area (Å²) >= 11 is 0. The molecule has 0 radical (unpaired) electrons. The first-order valence-electron chi connectivity index (χ1n) is 8.23. The molecule has 0 amide bonds. The number of aryl methyl sites for hydroxylation is 4. The second kappa shape index (κ2) is 8.39. The van der Waals surface area contributed by atoms with Gasteiger partial charge in [0.25, 0.3) is 0 Å². The van der Waals surface area contributed by atoms with E-state index in [0.29, 0.717) is 0 Å². The maximum absolute atomic E-state index is 3.29. The summed E-state index contributed by atoms with van der Waals surface area (Å²) in [5, 5.41) is 0. The van der Waals surface area contributed by atoms with Gasteiger partial charge in [-0.25, -0.2) is 4.57 Å². The van der Waals surface area contributed by atoms with Gasteiger partial charge in [0.15, 0.2) is 12.4 Å². The molecule has 1 aromatic carbocycles. The van der Waals surface area contributed by atoms with Crippen LogP contribution in [0.3, 0.4) is 0 Å². The molecule has 0 bridgehead atoms. The van der Waals surface area contributed by atoms with E-state index < -0.39 is 0 Å². The van der Waals surface area contributed by atoms with Crippen LogP contribution in [0.1, 0.15) is 48.4 Å². The van der Waals surface area contributed by atoms with Crippen LogP contribution in [0.2, 0.25) is 0 Å². The number of hydrogen-bond donors (Lipinski definition) is 0. The SMILES string of the molecule is CCCc1ccc(C#CCCC[n+]2ccc(C)c(C)c2)cc1. The van der Waals surface area contributed by atoms with Crippen molar-refractivity contribution in [1.29, 1.82) is 0 Å². The molecule has 0 aliphatic carbocycles. The van der Waals surface area contributed by atoms with Gasteiger partial charge in [0.05, 0.1) is 0 Å². The van der Waals surface area contributed by atoms with E-state index in [9.17, 15) is 0 Å². The Morgan fingerprint density at radius 1 is 1.00 bits per heavy atom. The molecule has 1 heteroatoms. The summed E-state index contributed by atoms with van der Waals surface area (Å²) in [5.74, 6) is 6.55. The quantitative estimate of drug-likeness (QED) is 0.437. The van der Waals surface area contributed by atoms with E-state index in [2.05, 4.69) is 79.9 Å². The molecule has 0 unspecified atom stereocenters. The summed E-state index contributed by atoms with van der Waals surface area (Å²) < 4.78 is 2.25. The molecule has 0 spiro atoms. The van der Waals surface area contributed by atoms with Crippen LogP contribution in [0, 0.1) is 25.7 Å². The van der Waals surface area contributed by atoms with Crippen molar-refractivity contribution in [1.82, 2.24) is 0 Å². The highest BCUT2D eigenvalue weighted by atomic mass is 14.9. The summed E-state index contributed by atoms with van der Waals surface area (Å²) in [6.45, 7) is 7.55.